The molecule has 1 heteroatoms. The highest BCUT2D eigenvalue weighted by atomic mass is 16.3. The first-order valence-corrected chi connectivity index (χ1v) is 31.5. The fraction of sp³-hybridized carbons (Fsp3) is 0.707. The van der Waals surface area contributed by atoms with Crippen LogP contribution >= 0.6 is 0 Å². The first kappa shape index (κ1) is 65.6. The summed E-state index contributed by atoms with van der Waals surface area (Å²) in [6, 6.07) is 0. The average molecular weight is 1040 g/mol. The Hall–Kier alpha value is -2.90. The van der Waals surface area contributed by atoms with E-state index < -0.39 is 5.60 Å². The second kappa shape index (κ2) is 29.5. The smallest absolute Gasteiger partial charge is 0.0710 e. The third-order valence-corrected chi connectivity index (χ3v) is 20.7. The van der Waals surface area contributed by atoms with Crippen LogP contribution in [0, 0.1) is 63.1 Å². The lowest BCUT2D eigenvalue weighted by Crippen LogP contribution is -2.44. The molecule has 4 saturated carbocycles. The molecule has 0 saturated heterocycles. The van der Waals surface area contributed by atoms with E-state index in [1.165, 1.54) is 130 Å². The Morgan fingerprint density at radius 2 is 1.25 bits per heavy atom. The van der Waals surface area contributed by atoms with Gasteiger partial charge < -0.3 is 5.11 Å². The topological polar surface area (TPSA) is 20.2 Å². The maximum absolute atomic E-state index is 10.6. The van der Waals surface area contributed by atoms with Crippen molar-refractivity contribution in [2.45, 2.75) is 278 Å². The molecule has 8 aliphatic rings. The van der Waals surface area contributed by atoms with Crippen LogP contribution in [0.2, 0.25) is 0 Å². The van der Waals surface area contributed by atoms with Crippen molar-refractivity contribution in [1.29, 1.82) is 0 Å². The van der Waals surface area contributed by atoms with E-state index >= 15 is 0 Å². The SMILES string of the molecule is C/C1=C\CC/C(C)=C/CC(C)(C)/C=C/C1.C=C1C2CCC3[C@H]2C(C)(C)CCC[C@]13C.C=C1CC/C=C(\C)CC[C@@H]2[C@@H]1CC2(C)C.CC(C)=CC/C=C(\C)C1CC=C(C)CC1.CC(C)=CCC[C@H](C)[C@@]1(O)CC=C(C)CC1. The first-order valence-electron chi connectivity index (χ1n) is 31.5. The van der Waals surface area contributed by atoms with Gasteiger partial charge in [-0.3, -0.25) is 0 Å². The highest BCUT2D eigenvalue weighted by Gasteiger charge is 2.61. The minimum absolute atomic E-state index is 0.311. The summed E-state index contributed by atoms with van der Waals surface area (Å²) >= 11 is 0. The van der Waals surface area contributed by atoms with Gasteiger partial charge in [0.2, 0.25) is 0 Å². The van der Waals surface area contributed by atoms with E-state index in [1.54, 1.807) is 22.3 Å². The summed E-state index contributed by atoms with van der Waals surface area (Å²) < 4.78 is 0. The number of fused-ring (bicyclic) bond motifs is 1. The third kappa shape index (κ3) is 19.7. The van der Waals surface area contributed by atoms with Crippen molar-refractivity contribution in [3.05, 3.63) is 130 Å². The number of allylic oxidation sites excluding steroid dienone is 19. The zero-order chi connectivity index (χ0) is 56.6. The Morgan fingerprint density at radius 3 is 1.88 bits per heavy atom. The van der Waals surface area contributed by atoms with Gasteiger partial charge in [0.25, 0.3) is 0 Å². The van der Waals surface area contributed by atoms with Gasteiger partial charge in [0.05, 0.1) is 5.60 Å². The summed E-state index contributed by atoms with van der Waals surface area (Å²) in [6.07, 6.45) is 51.8. The second-order valence-corrected chi connectivity index (χ2v) is 29.3. The van der Waals surface area contributed by atoms with Gasteiger partial charge in [-0.25, -0.2) is 0 Å². The third-order valence-electron chi connectivity index (χ3n) is 20.7. The predicted molar refractivity (Wildman–Crippen MR) is 340 cm³/mol. The zero-order valence-electron chi connectivity index (χ0n) is 53.4. The lowest BCUT2D eigenvalue weighted by molar-refractivity contribution is -0.0234. The van der Waals surface area contributed by atoms with Gasteiger partial charge in [0, 0.05) is 0 Å². The average Bonchev–Trinajstić information content (AvgIpc) is 3.86. The van der Waals surface area contributed by atoms with Crippen molar-refractivity contribution >= 4 is 0 Å². The van der Waals surface area contributed by atoms with Gasteiger partial charge in [-0.1, -0.05) is 191 Å². The van der Waals surface area contributed by atoms with Crippen LogP contribution in [0.1, 0.15) is 272 Å². The predicted octanol–water partition coefficient (Wildman–Crippen LogP) is 23.4. The first-order chi connectivity index (χ1) is 35.5. The second-order valence-electron chi connectivity index (χ2n) is 29.3. The summed E-state index contributed by atoms with van der Waals surface area (Å²) in [7, 11) is 0. The van der Waals surface area contributed by atoms with E-state index in [4.69, 9.17) is 0 Å². The molecule has 0 spiro atoms. The number of aliphatic hydroxyl groups is 1. The molecule has 0 aromatic rings. The molecule has 1 nitrogen and oxygen atoms in total. The molecule has 0 amide bonds. The molecule has 76 heavy (non-hydrogen) atoms. The molecule has 0 radical (unpaired) electrons. The monoisotopic (exact) mass is 1040 g/mol. The van der Waals surface area contributed by atoms with E-state index in [0.717, 1.165) is 86.9 Å². The Morgan fingerprint density at radius 1 is 0.632 bits per heavy atom. The van der Waals surface area contributed by atoms with Gasteiger partial charge >= 0.3 is 0 Å². The minimum Gasteiger partial charge on any atom is -0.389 e. The molecule has 8 rings (SSSR count). The molecule has 0 heterocycles. The van der Waals surface area contributed by atoms with Crippen LogP contribution in [0.15, 0.2) is 130 Å². The van der Waals surface area contributed by atoms with Crippen molar-refractivity contribution in [1.82, 2.24) is 0 Å². The molecule has 9 atom stereocenters. The van der Waals surface area contributed by atoms with Crippen LogP contribution in [0.25, 0.3) is 0 Å². The van der Waals surface area contributed by atoms with Crippen molar-refractivity contribution in [2.24, 2.45) is 63.1 Å². The molecule has 3 unspecified atom stereocenters. The summed E-state index contributed by atoms with van der Waals surface area (Å²) in [6.45, 7) is 50.0. The van der Waals surface area contributed by atoms with Crippen LogP contribution in [0.4, 0.5) is 0 Å². The summed E-state index contributed by atoms with van der Waals surface area (Å²) in [5, 5.41) is 10.6. The Kier molecular flexibility index (Phi) is 25.5. The maximum Gasteiger partial charge on any atom is 0.0710 e. The maximum atomic E-state index is 10.6. The Balaban J connectivity index is 0.000000205. The van der Waals surface area contributed by atoms with Crippen molar-refractivity contribution in [3.63, 3.8) is 0 Å². The molecular weight excluding hydrogens is 917 g/mol. The number of rotatable bonds is 7. The molecular formula is C75H122O. The largest absolute Gasteiger partial charge is 0.389 e. The van der Waals surface area contributed by atoms with Gasteiger partial charge in [0.15, 0.2) is 0 Å². The van der Waals surface area contributed by atoms with E-state index in [1.807, 2.05) is 0 Å². The molecule has 0 aliphatic heterocycles. The van der Waals surface area contributed by atoms with Crippen LogP contribution in [-0.4, -0.2) is 10.7 Å². The molecule has 0 aromatic heterocycles. The highest BCUT2D eigenvalue weighted by Crippen LogP contribution is 2.70. The van der Waals surface area contributed by atoms with Gasteiger partial charge in [-0.15, -0.1) is 0 Å². The molecule has 8 aliphatic carbocycles. The Labute approximate surface area is 473 Å². The highest BCUT2D eigenvalue weighted by molar-refractivity contribution is 5.29. The van der Waals surface area contributed by atoms with Crippen molar-refractivity contribution in [2.75, 3.05) is 0 Å². The van der Waals surface area contributed by atoms with Crippen LogP contribution in [0.3, 0.4) is 0 Å². The van der Waals surface area contributed by atoms with E-state index in [0.29, 0.717) is 27.6 Å². The summed E-state index contributed by atoms with van der Waals surface area (Å²) in [5.41, 5.74) is 16.6. The molecule has 1 N–H and O–H groups in total. The van der Waals surface area contributed by atoms with E-state index in [-0.39, 0.29) is 0 Å². The zero-order valence-corrected chi connectivity index (χ0v) is 53.4. The van der Waals surface area contributed by atoms with E-state index in [9.17, 15) is 5.11 Å². The summed E-state index contributed by atoms with van der Waals surface area (Å²) in [4.78, 5) is 0. The van der Waals surface area contributed by atoms with Crippen LogP contribution in [0.5, 0.6) is 0 Å². The Bertz CT molecular complexity index is 2180. The fourth-order valence-electron chi connectivity index (χ4n) is 14.9. The quantitative estimate of drug-likeness (QED) is 0.252. The molecule has 0 aromatic carbocycles. The fourth-order valence-corrected chi connectivity index (χ4v) is 14.9. The van der Waals surface area contributed by atoms with Crippen LogP contribution in [-0.2, 0) is 0 Å². The normalized spacial score (nSPS) is 34.3. The van der Waals surface area contributed by atoms with Crippen molar-refractivity contribution in [3.8, 4) is 0 Å². The number of hydrogen-bond donors (Lipinski definition) is 1. The molecule has 4 fully saturated rings. The lowest BCUT2D eigenvalue weighted by atomic mass is 9.52. The summed E-state index contributed by atoms with van der Waals surface area (Å²) in [5.74, 6) is 5.72. The molecule has 428 valence electrons. The van der Waals surface area contributed by atoms with E-state index in [2.05, 4.69) is 199 Å². The standard InChI is InChI=1S/C15H26O.4C15H24/c1-12(2)6-5-7-14(4)15(16)10-8-13(3)9-11-15;1-10-11-6-7-12-13(11)14(2,3)8-5-9-15(10,12)4;1-11-6-5-7-12(2)13-10-15(3,4)14(13)9-8-11;1-13-7-5-8-14(2)10-12-15(3,4)11-6-9-13;1-12(2)6-5-7-14(4)15-10-8-13(3)9-11-15/h6,8,14,16H,5,7,9-11H2,1-4H3;11-13H,1,5-9H2,2-4H3;6,13-14H,2,5,7-10H2,1,3-4H3;6-7,10-11H,5,8-9,12H2,1-4H3;6-8,15H,5,9-11H2,1-4H3/b;;11-6+;11-6+,13-7+,14-10+;14-7+/t14-,15+;11?,12?,13-,15+;13-,14-;;/m001../s1. The van der Waals surface area contributed by atoms with Crippen molar-refractivity contribution < 1.29 is 5.11 Å². The van der Waals surface area contributed by atoms with Gasteiger partial charge in [-0.05, 0) is 274 Å². The van der Waals surface area contributed by atoms with Gasteiger partial charge in [-0.2, -0.15) is 0 Å². The molecule has 4 bridgehead atoms. The lowest BCUT2D eigenvalue weighted by Gasteiger charge is -2.53. The van der Waals surface area contributed by atoms with Crippen LogP contribution < -0.4 is 0 Å². The van der Waals surface area contributed by atoms with Gasteiger partial charge in [0.1, 0.15) is 0 Å². The number of hydrogen-bond acceptors (Lipinski definition) is 1. The minimum atomic E-state index is -0.449.